The summed E-state index contributed by atoms with van der Waals surface area (Å²) in [7, 11) is 0. The third kappa shape index (κ3) is 2.97. The van der Waals surface area contributed by atoms with Gasteiger partial charge in [0.2, 0.25) is 0 Å². The fourth-order valence-electron chi connectivity index (χ4n) is 2.26. The number of aryl methyl sites for hydroxylation is 1. The molecule has 0 unspecified atom stereocenters. The fourth-order valence-corrected chi connectivity index (χ4v) is 2.26. The summed E-state index contributed by atoms with van der Waals surface area (Å²) in [4.78, 5) is 21.8. The van der Waals surface area contributed by atoms with Crippen molar-refractivity contribution < 1.29 is 9.90 Å². The minimum Gasteiger partial charge on any atom is -0.481 e. The van der Waals surface area contributed by atoms with E-state index in [1.165, 1.54) is 0 Å². The quantitative estimate of drug-likeness (QED) is 0.880. The Labute approximate surface area is 107 Å². The zero-order chi connectivity index (χ0) is 13.0. The Bertz CT molecular complexity index is 414. The molecule has 0 saturated carbocycles. The lowest BCUT2D eigenvalue weighted by Crippen LogP contribution is -2.36. The van der Waals surface area contributed by atoms with E-state index in [9.17, 15) is 4.79 Å². The van der Waals surface area contributed by atoms with Crippen LogP contribution >= 0.6 is 0 Å². The molecule has 0 atom stereocenters. The van der Waals surface area contributed by atoms with E-state index in [-0.39, 0.29) is 5.92 Å². The van der Waals surface area contributed by atoms with Crippen molar-refractivity contribution in [3.05, 3.63) is 18.1 Å². The molecule has 1 N–H and O–H groups in total. The van der Waals surface area contributed by atoms with E-state index in [1.54, 1.807) is 6.20 Å². The van der Waals surface area contributed by atoms with Gasteiger partial charge in [0.25, 0.3) is 0 Å². The molecule has 1 fully saturated rings. The highest BCUT2D eigenvalue weighted by molar-refractivity contribution is 5.70. The Morgan fingerprint density at radius 1 is 1.50 bits per heavy atom. The highest BCUT2D eigenvalue weighted by atomic mass is 16.4. The number of anilines is 1. The van der Waals surface area contributed by atoms with Gasteiger partial charge in [0.1, 0.15) is 11.6 Å². The zero-order valence-corrected chi connectivity index (χ0v) is 10.7. The number of hydrogen-bond donors (Lipinski definition) is 1. The van der Waals surface area contributed by atoms with Crippen LogP contribution in [-0.2, 0) is 11.2 Å². The zero-order valence-electron chi connectivity index (χ0n) is 10.7. The van der Waals surface area contributed by atoms with Gasteiger partial charge in [0.15, 0.2) is 0 Å². The van der Waals surface area contributed by atoms with E-state index in [4.69, 9.17) is 5.11 Å². The number of carbonyl (C=O) groups is 1. The molecule has 5 nitrogen and oxygen atoms in total. The molecular weight excluding hydrogens is 230 g/mol. The summed E-state index contributed by atoms with van der Waals surface area (Å²) >= 11 is 0. The van der Waals surface area contributed by atoms with Gasteiger partial charge in [0.05, 0.1) is 5.92 Å². The molecule has 2 rings (SSSR count). The average Bonchev–Trinajstić information content (AvgIpc) is 2.39. The van der Waals surface area contributed by atoms with Crippen LogP contribution in [0.3, 0.4) is 0 Å². The molecule has 1 aromatic heterocycles. The molecule has 0 spiro atoms. The second-order valence-electron chi connectivity index (χ2n) is 4.68. The Kier molecular flexibility index (Phi) is 4.12. The molecule has 0 bridgehead atoms. The van der Waals surface area contributed by atoms with E-state index in [1.807, 2.05) is 6.07 Å². The van der Waals surface area contributed by atoms with Crippen LogP contribution in [0.5, 0.6) is 0 Å². The standard InChI is InChI=1S/C13H19N3O2/c1-2-3-11-14-7-4-12(15-11)16-8-5-10(6-9-16)13(17)18/h4,7,10H,2-3,5-6,8-9H2,1H3,(H,17,18). The predicted molar refractivity (Wildman–Crippen MR) is 68.6 cm³/mol. The smallest absolute Gasteiger partial charge is 0.306 e. The van der Waals surface area contributed by atoms with Gasteiger partial charge in [-0.1, -0.05) is 6.92 Å². The van der Waals surface area contributed by atoms with E-state index in [0.29, 0.717) is 12.8 Å². The summed E-state index contributed by atoms with van der Waals surface area (Å²) in [6, 6.07) is 1.90. The summed E-state index contributed by atoms with van der Waals surface area (Å²) in [5.74, 6) is 0.926. The highest BCUT2D eigenvalue weighted by Crippen LogP contribution is 2.21. The van der Waals surface area contributed by atoms with Gasteiger partial charge in [0, 0.05) is 25.7 Å². The first-order valence-corrected chi connectivity index (χ1v) is 6.50. The Hall–Kier alpha value is -1.65. The van der Waals surface area contributed by atoms with Crippen LogP contribution in [0.15, 0.2) is 12.3 Å². The lowest BCUT2D eigenvalue weighted by molar-refractivity contribution is -0.142. The molecule has 0 amide bonds. The van der Waals surface area contributed by atoms with Gasteiger partial charge < -0.3 is 10.0 Å². The van der Waals surface area contributed by atoms with Crippen LogP contribution in [0, 0.1) is 5.92 Å². The number of piperidine rings is 1. The molecule has 1 saturated heterocycles. The van der Waals surface area contributed by atoms with Gasteiger partial charge in [-0.05, 0) is 25.3 Å². The van der Waals surface area contributed by atoms with Crippen molar-refractivity contribution in [2.75, 3.05) is 18.0 Å². The van der Waals surface area contributed by atoms with Gasteiger partial charge in [-0.2, -0.15) is 0 Å². The number of aliphatic carboxylic acids is 1. The van der Waals surface area contributed by atoms with Crippen molar-refractivity contribution in [1.29, 1.82) is 0 Å². The molecule has 5 heteroatoms. The normalized spacial score (nSPS) is 16.8. The molecule has 0 aromatic carbocycles. The van der Waals surface area contributed by atoms with Gasteiger partial charge in [-0.3, -0.25) is 4.79 Å². The summed E-state index contributed by atoms with van der Waals surface area (Å²) < 4.78 is 0. The van der Waals surface area contributed by atoms with Crippen molar-refractivity contribution in [2.45, 2.75) is 32.6 Å². The fraction of sp³-hybridized carbons (Fsp3) is 0.615. The van der Waals surface area contributed by atoms with Crippen LogP contribution in [0.25, 0.3) is 0 Å². The number of carboxylic acid groups (broad SMARTS) is 1. The monoisotopic (exact) mass is 249 g/mol. The summed E-state index contributed by atoms with van der Waals surface area (Å²) in [5.41, 5.74) is 0. The number of nitrogens with zero attached hydrogens (tertiary/aromatic N) is 3. The van der Waals surface area contributed by atoms with E-state index >= 15 is 0 Å². The van der Waals surface area contributed by atoms with Crippen LogP contribution in [0.2, 0.25) is 0 Å². The highest BCUT2D eigenvalue weighted by Gasteiger charge is 2.25. The van der Waals surface area contributed by atoms with Crippen molar-refractivity contribution in [1.82, 2.24) is 9.97 Å². The summed E-state index contributed by atoms with van der Waals surface area (Å²) in [6.45, 7) is 3.63. The number of carboxylic acids is 1. The molecule has 1 aliphatic heterocycles. The third-order valence-corrected chi connectivity index (χ3v) is 3.33. The molecule has 1 aliphatic rings. The first-order chi connectivity index (χ1) is 8.70. The Balaban J connectivity index is 2.00. The second kappa shape index (κ2) is 5.80. The average molecular weight is 249 g/mol. The first kappa shape index (κ1) is 12.8. The van der Waals surface area contributed by atoms with Crippen LogP contribution in [-0.4, -0.2) is 34.1 Å². The van der Waals surface area contributed by atoms with Gasteiger partial charge in [-0.15, -0.1) is 0 Å². The van der Waals surface area contributed by atoms with E-state index in [0.717, 1.165) is 37.6 Å². The van der Waals surface area contributed by atoms with E-state index < -0.39 is 5.97 Å². The van der Waals surface area contributed by atoms with Crippen LogP contribution in [0.1, 0.15) is 32.0 Å². The largest absolute Gasteiger partial charge is 0.481 e. The Morgan fingerprint density at radius 3 is 2.83 bits per heavy atom. The molecule has 98 valence electrons. The maximum Gasteiger partial charge on any atom is 0.306 e. The Morgan fingerprint density at radius 2 is 2.22 bits per heavy atom. The van der Waals surface area contributed by atoms with Crippen molar-refractivity contribution in [3.8, 4) is 0 Å². The first-order valence-electron chi connectivity index (χ1n) is 6.50. The maximum absolute atomic E-state index is 10.9. The third-order valence-electron chi connectivity index (χ3n) is 3.33. The molecule has 0 radical (unpaired) electrons. The minimum absolute atomic E-state index is 0.196. The van der Waals surface area contributed by atoms with Crippen molar-refractivity contribution >= 4 is 11.8 Å². The van der Waals surface area contributed by atoms with Gasteiger partial charge >= 0.3 is 5.97 Å². The number of hydrogen-bond acceptors (Lipinski definition) is 4. The van der Waals surface area contributed by atoms with Crippen LogP contribution < -0.4 is 4.90 Å². The molecular formula is C13H19N3O2. The number of rotatable bonds is 4. The lowest BCUT2D eigenvalue weighted by atomic mass is 9.97. The molecule has 18 heavy (non-hydrogen) atoms. The van der Waals surface area contributed by atoms with Crippen molar-refractivity contribution in [3.63, 3.8) is 0 Å². The van der Waals surface area contributed by atoms with E-state index in [2.05, 4.69) is 21.8 Å². The molecule has 1 aromatic rings. The minimum atomic E-state index is -0.677. The maximum atomic E-state index is 10.9. The van der Waals surface area contributed by atoms with Crippen LogP contribution in [0.4, 0.5) is 5.82 Å². The summed E-state index contributed by atoms with van der Waals surface area (Å²) in [5, 5.41) is 8.97. The molecule has 2 heterocycles. The second-order valence-corrected chi connectivity index (χ2v) is 4.68. The topological polar surface area (TPSA) is 66.3 Å². The lowest BCUT2D eigenvalue weighted by Gasteiger charge is -2.31. The van der Waals surface area contributed by atoms with Crippen molar-refractivity contribution in [2.24, 2.45) is 5.92 Å². The summed E-state index contributed by atoms with van der Waals surface area (Å²) in [6.07, 6.45) is 5.10. The van der Waals surface area contributed by atoms with Gasteiger partial charge in [-0.25, -0.2) is 9.97 Å². The number of aromatic nitrogens is 2. The molecule has 0 aliphatic carbocycles. The predicted octanol–water partition coefficient (Wildman–Crippen LogP) is 1.73. The SMILES string of the molecule is CCCc1nccc(N2CCC(C(=O)O)CC2)n1.